The number of halogens is 1. The highest BCUT2D eigenvalue weighted by Crippen LogP contribution is 2.17. The highest BCUT2D eigenvalue weighted by molar-refractivity contribution is 6.30. The molecule has 5 nitrogen and oxygen atoms in total. The first kappa shape index (κ1) is 17.5. The van der Waals surface area contributed by atoms with E-state index in [2.05, 4.69) is 15.5 Å². The number of hydrogen-bond acceptors (Lipinski definition) is 3. The van der Waals surface area contributed by atoms with E-state index >= 15 is 0 Å². The van der Waals surface area contributed by atoms with Crippen LogP contribution in [-0.4, -0.2) is 61.6 Å². The van der Waals surface area contributed by atoms with Crippen molar-refractivity contribution in [3.8, 4) is 0 Å². The molecule has 0 bridgehead atoms. The smallest absolute Gasteiger partial charge is 0.321 e. The van der Waals surface area contributed by atoms with Crippen molar-refractivity contribution >= 4 is 23.3 Å². The van der Waals surface area contributed by atoms with Crippen LogP contribution in [0.1, 0.15) is 19.3 Å². The van der Waals surface area contributed by atoms with Gasteiger partial charge in [-0.2, -0.15) is 0 Å². The van der Waals surface area contributed by atoms with Gasteiger partial charge in [-0.15, -0.1) is 0 Å². The van der Waals surface area contributed by atoms with Crippen molar-refractivity contribution in [2.45, 2.75) is 19.3 Å². The molecule has 0 radical (unpaired) electrons. The van der Waals surface area contributed by atoms with Gasteiger partial charge in [0.15, 0.2) is 0 Å². The Morgan fingerprint density at radius 2 is 2.04 bits per heavy atom. The number of anilines is 1. The Bertz CT molecular complexity index is 548. The Morgan fingerprint density at radius 3 is 2.83 bits per heavy atom. The van der Waals surface area contributed by atoms with Gasteiger partial charge in [0, 0.05) is 36.9 Å². The highest BCUT2D eigenvalue weighted by Gasteiger charge is 2.22. The summed E-state index contributed by atoms with van der Waals surface area (Å²) in [5.74, 6) is 0.804. The van der Waals surface area contributed by atoms with Crippen LogP contribution in [0.4, 0.5) is 10.5 Å². The zero-order valence-corrected chi connectivity index (χ0v) is 14.9. The topological polar surface area (TPSA) is 47.6 Å². The van der Waals surface area contributed by atoms with E-state index in [1.54, 1.807) is 6.07 Å². The maximum Gasteiger partial charge on any atom is 0.321 e. The van der Waals surface area contributed by atoms with Gasteiger partial charge >= 0.3 is 6.03 Å². The van der Waals surface area contributed by atoms with Crippen molar-refractivity contribution in [3.63, 3.8) is 0 Å². The monoisotopic (exact) mass is 350 g/mol. The molecule has 0 saturated carbocycles. The predicted molar refractivity (Wildman–Crippen MR) is 98.7 cm³/mol. The summed E-state index contributed by atoms with van der Waals surface area (Å²) in [6.45, 7) is 7.12. The molecule has 1 aromatic rings. The molecule has 0 atom stereocenters. The zero-order valence-electron chi connectivity index (χ0n) is 14.1. The molecular weight excluding hydrogens is 324 g/mol. The van der Waals surface area contributed by atoms with E-state index in [1.807, 2.05) is 23.1 Å². The van der Waals surface area contributed by atoms with Crippen LogP contribution in [-0.2, 0) is 0 Å². The third-order valence-electron chi connectivity index (χ3n) is 4.93. The molecule has 0 spiro atoms. The number of carbonyl (C=O) groups excluding carboxylic acids is 1. The number of amides is 2. The van der Waals surface area contributed by atoms with E-state index < -0.39 is 0 Å². The minimum absolute atomic E-state index is 0.0269. The van der Waals surface area contributed by atoms with Crippen LogP contribution < -0.4 is 10.6 Å². The summed E-state index contributed by atoms with van der Waals surface area (Å²) >= 11 is 5.98. The molecule has 3 rings (SSSR count). The number of nitrogens with one attached hydrogen (secondary N) is 2. The third kappa shape index (κ3) is 5.10. The Morgan fingerprint density at radius 1 is 1.21 bits per heavy atom. The molecule has 6 heteroatoms. The predicted octanol–water partition coefficient (Wildman–Crippen LogP) is 2.88. The number of urea groups is 1. The fourth-order valence-corrected chi connectivity index (χ4v) is 3.75. The summed E-state index contributed by atoms with van der Waals surface area (Å²) in [6.07, 6.45) is 3.58. The lowest BCUT2D eigenvalue weighted by molar-refractivity contribution is 0.200. The van der Waals surface area contributed by atoms with Gasteiger partial charge in [0.1, 0.15) is 0 Å². The zero-order chi connectivity index (χ0) is 16.8. The van der Waals surface area contributed by atoms with Crippen molar-refractivity contribution in [1.82, 2.24) is 15.1 Å². The summed E-state index contributed by atoms with van der Waals surface area (Å²) < 4.78 is 0. The summed E-state index contributed by atoms with van der Waals surface area (Å²) in [5, 5.41) is 7.01. The fraction of sp³-hybridized carbons (Fsp3) is 0.611. The molecular formula is C18H27ClN4O. The van der Waals surface area contributed by atoms with Crippen molar-refractivity contribution in [2.75, 3.05) is 51.1 Å². The van der Waals surface area contributed by atoms with Crippen molar-refractivity contribution in [2.24, 2.45) is 5.92 Å². The van der Waals surface area contributed by atoms with E-state index in [0.29, 0.717) is 5.02 Å². The quantitative estimate of drug-likeness (QED) is 0.881. The highest BCUT2D eigenvalue weighted by atomic mass is 35.5. The van der Waals surface area contributed by atoms with Crippen LogP contribution >= 0.6 is 11.6 Å². The van der Waals surface area contributed by atoms with E-state index in [4.69, 9.17) is 11.6 Å². The van der Waals surface area contributed by atoms with Crippen molar-refractivity contribution in [3.05, 3.63) is 29.3 Å². The van der Waals surface area contributed by atoms with Crippen LogP contribution in [0.5, 0.6) is 0 Å². The normalized spacial score (nSPS) is 20.6. The Balaban J connectivity index is 1.48. The summed E-state index contributed by atoms with van der Waals surface area (Å²) in [4.78, 5) is 16.9. The van der Waals surface area contributed by atoms with Crippen LogP contribution in [0.2, 0.25) is 5.02 Å². The number of nitrogens with zero attached hydrogens (tertiary/aromatic N) is 2. The third-order valence-corrected chi connectivity index (χ3v) is 5.16. The van der Waals surface area contributed by atoms with Gasteiger partial charge in [0.2, 0.25) is 0 Å². The summed E-state index contributed by atoms with van der Waals surface area (Å²) in [7, 11) is 0. The largest absolute Gasteiger partial charge is 0.323 e. The summed E-state index contributed by atoms with van der Waals surface area (Å²) in [5.41, 5.74) is 0.753. The van der Waals surface area contributed by atoms with Gasteiger partial charge in [-0.25, -0.2) is 4.79 Å². The maximum atomic E-state index is 12.5. The first-order valence-electron chi connectivity index (χ1n) is 8.95. The molecule has 2 aliphatic rings. The van der Waals surface area contributed by atoms with Crippen molar-refractivity contribution < 1.29 is 4.79 Å². The van der Waals surface area contributed by atoms with Crippen LogP contribution in [0.3, 0.4) is 0 Å². The number of piperidine rings is 1. The van der Waals surface area contributed by atoms with Gasteiger partial charge < -0.3 is 20.4 Å². The lowest BCUT2D eigenvalue weighted by atomic mass is 9.97. The molecule has 2 saturated heterocycles. The second-order valence-electron chi connectivity index (χ2n) is 6.78. The van der Waals surface area contributed by atoms with Gasteiger partial charge in [-0.1, -0.05) is 17.7 Å². The molecule has 0 aromatic heterocycles. The van der Waals surface area contributed by atoms with Crippen LogP contribution in [0.15, 0.2) is 24.3 Å². The molecule has 2 heterocycles. The summed E-state index contributed by atoms with van der Waals surface area (Å²) in [6, 6.07) is 7.27. The average molecular weight is 351 g/mol. The Hall–Kier alpha value is -1.30. The van der Waals surface area contributed by atoms with Crippen LogP contribution in [0.25, 0.3) is 0 Å². The number of benzene rings is 1. The minimum atomic E-state index is -0.0269. The van der Waals surface area contributed by atoms with Gasteiger partial charge in [0.05, 0.1) is 0 Å². The lowest BCUT2D eigenvalue weighted by Gasteiger charge is -2.29. The SMILES string of the molecule is O=C(Nc1cccc(Cl)c1)N1CCCN(CC2CCNCC2)CC1. The van der Waals surface area contributed by atoms with Gasteiger partial charge in [-0.05, 0) is 63.0 Å². The first-order chi connectivity index (χ1) is 11.7. The van der Waals surface area contributed by atoms with Gasteiger partial charge in [-0.3, -0.25) is 0 Å². The average Bonchev–Trinajstić information content (AvgIpc) is 2.81. The molecule has 2 amide bonds. The molecule has 2 aliphatic heterocycles. The molecule has 2 N–H and O–H groups in total. The van der Waals surface area contributed by atoms with E-state index in [-0.39, 0.29) is 6.03 Å². The molecule has 24 heavy (non-hydrogen) atoms. The van der Waals surface area contributed by atoms with Crippen LogP contribution in [0, 0.1) is 5.92 Å². The number of rotatable bonds is 3. The maximum absolute atomic E-state index is 12.5. The molecule has 0 aliphatic carbocycles. The minimum Gasteiger partial charge on any atom is -0.323 e. The fourth-order valence-electron chi connectivity index (χ4n) is 3.55. The lowest BCUT2D eigenvalue weighted by Crippen LogP contribution is -2.40. The van der Waals surface area contributed by atoms with Gasteiger partial charge in [0.25, 0.3) is 0 Å². The first-order valence-corrected chi connectivity index (χ1v) is 9.33. The van der Waals surface area contributed by atoms with Crippen molar-refractivity contribution in [1.29, 1.82) is 0 Å². The van der Waals surface area contributed by atoms with E-state index in [0.717, 1.165) is 57.3 Å². The number of hydrogen-bond donors (Lipinski definition) is 2. The Labute approximate surface area is 149 Å². The second-order valence-corrected chi connectivity index (χ2v) is 7.21. The van der Waals surface area contributed by atoms with E-state index in [1.165, 1.54) is 19.4 Å². The second kappa shape index (κ2) is 8.70. The molecule has 0 unspecified atom stereocenters. The number of carbonyl (C=O) groups is 1. The van der Waals surface area contributed by atoms with E-state index in [9.17, 15) is 4.79 Å². The standard InChI is InChI=1S/C18H27ClN4O/c19-16-3-1-4-17(13-16)21-18(24)23-10-2-9-22(11-12-23)14-15-5-7-20-8-6-15/h1,3-4,13,15,20H,2,5-12,14H2,(H,21,24). The molecule has 1 aromatic carbocycles. The molecule has 132 valence electrons. The molecule has 2 fully saturated rings. The Kier molecular flexibility index (Phi) is 6.35.